The van der Waals surface area contributed by atoms with E-state index >= 15 is 0 Å². The monoisotopic (exact) mass is 370 g/mol. The summed E-state index contributed by atoms with van der Waals surface area (Å²) < 4.78 is 2.69. The molecule has 1 amide bonds. The minimum atomic E-state index is -0.0842. The molecule has 0 spiro atoms. The van der Waals surface area contributed by atoms with Crippen LogP contribution in [0.15, 0.2) is 65.5 Å². The van der Waals surface area contributed by atoms with E-state index in [4.69, 9.17) is 0 Å². The Morgan fingerprint density at radius 3 is 2.70 bits per heavy atom. The van der Waals surface area contributed by atoms with Crippen molar-refractivity contribution >= 4 is 21.8 Å². The third-order valence-corrected chi connectivity index (χ3v) is 3.92. The number of rotatable bonds is 4. The zero-order chi connectivity index (χ0) is 16.2. The van der Waals surface area contributed by atoms with Crippen LogP contribution in [0.3, 0.4) is 0 Å². The SMILES string of the molecule is CN(Cc1ccccn1)C(=O)c1cnn(-c2ccc(Br)cc2)c1. The van der Waals surface area contributed by atoms with Gasteiger partial charge in [0.15, 0.2) is 0 Å². The van der Waals surface area contributed by atoms with Crippen molar-refractivity contribution in [2.75, 3.05) is 7.05 Å². The Morgan fingerprint density at radius 2 is 2.00 bits per heavy atom. The first-order valence-electron chi connectivity index (χ1n) is 7.09. The lowest BCUT2D eigenvalue weighted by Crippen LogP contribution is -2.26. The van der Waals surface area contributed by atoms with Crippen molar-refractivity contribution in [3.8, 4) is 5.69 Å². The number of carbonyl (C=O) groups is 1. The molecule has 0 N–H and O–H groups in total. The molecule has 23 heavy (non-hydrogen) atoms. The fourth-order valence-electron chi connectivity index (χ4n) is 2.20. The number of nitrogens with zero attached hydrogens (tertiary/aromatic N) is 4. The normalized spacial score (nSPS) is 10.5. The molecule has 1 aromatic carbocycles. The molecule has 0 unspecified atom stereocenters. The second-order valence-electron chi connectivity index (χ2n) is 5.13. The maximum atomic E-state index is 12.5. The molecule has 0 aliphatic carbocycles. The van der Waals surface area contributed by atoms with E-state index in [0.29, 0.717) is 12.1 Å². The van der Waals surface area contributed by atoms with Crippen LogP contribution in [0, 0.1) is 0 Å². The van der Waals surface area contributed by atoms with Gasteiger partial charge in [-0.05, 0) is 36.4 Å². The van der Waals surface area contributed by atoms with Gasteiger partial charge in [-0.3, -0.25) is 9.78 Å². The van der Waals surface area contributed by atoms with Crippen LogP contribution in [0.4, 0.5) is 0 Å². The molecule has 2 aromatic heterocycles. The van der Waals surface area contributed by atoms with Gasteiger partial charge in [0.1, 0.15) is 0 Å². The third-order valence-electron chi connectivity index (χ3n) is 3.39. The summed E-state index contributed by atoms with van der Waals surface area (Å²) in [5.41, 5.74) is 2.30. The number of hydrogen-bond donors (Lipinski definition) is 0. The van der Waals surface area contributed by atoms with Gasteiger partial charge in [-0.1, -0.05) is 22.0 Å². The average Bonchev–Trinajstić information content (AvgIpc) is 3.05. The molecule has 0 fully saturated rings. The van der Waals surface area contributed by atoms with Crippen molar-refractivity contribution in [1.82, 2.24) is 19.7 Å². The molecule has 0 saturated carbocycles. The standard InChI is InChI=1S/C17H15BrN4O/c1-21(12-15-4-2-3-9-19-15)17(23)13-10-20-22(11-13)16-7-5-14(18)6-8-16/h2-11H,12H2,1H3. The van der Waals surface area contributed by atoms with Crippen LogP contribution in [0.5, 0.6) is 0 Å². The largest absolute Gasteiger partial charge is 0.336 e. The topological polar surface area (TPSA) is 51.0 Å². The van der Waals surface area contributed by atoms with Crippen molar-refractivity contribution in [3.05, 3.63) is 76.8 Å². The maximum absolute atomic E-state index is 12.5. The zero-order valence-corrected chi connectivity index (χ0v) is 14.1. The molecule has 0 bridgehead atoms. The van der Waals surface area contributed by atoms with Gasteiger partial charge in [-0.15, -0.1) is 0 Å². The predicted octanol–water partition coefficient (Wildman–Crippen LogP) is 3.30. The minimum Gasteiger partial charge on any atom is -0.336 e. The predicted molar refractivity (Wildman–Crippen MR) is 91.3 cm³/mol. The molecule has 0 atom stereocenters. The second-order valence-corrected chi connectivity index (χ2v) is 6.05. The molecule has 0 aliphatic rings. The Morgan fingerprint density at radius 1 is 1.22 bits per heavy atom. The molecular formula is C17H15BrN4O. The fraction of sp³-hybridized carbons (Fsp3) is 0.118. The lowest BCUT2D eigenvalue weighted by Gasteiger charge is -2.15. The molecule has 3 aromatic rings. The van der Waals surface area contributed by atoms with Crippen molar-refractivity contribution in [1.29, 1.82) is 0 Å². The van der Waals surface area contributed by atoms with Crippen LogP contribution in [-0.4, -0.2) is 32.6 Å². The Hall–Kier alpha value is -2.47. The molecule has 0 aliphatic heterocycles. The highest BCUT2D eigenvalue weighted by molar-refractivity contribution is 9.10. The summed E-state index contributed by atoms with van der Waals surface area (Å²) in [7, 11) is 1.76. The van der Waals surface area contributed by atoms with Gasteiger partial charge < -0.3 is 4.90 Å². The first kappa shape index (κ1) is 15.4. The number of carbonyl (C=O) groups excluding carboxylic acids is 1. The van der Waals surface area contributed by atoms with Crippen LogP contribution >= 0.6 is 15.9 Å². The number of pyridine rings is 1. The van der Waals surface area contributed by atoms with E-state index in [1.54, 1.807) is 35.2 Å². The Bertz CT molecular complexity index is 799. The molecule has 0 saturated heterocycles. The van der Waals surface area contributed by atoms with Crippen molar-refractivity contribution in [2.24, 2.45) is 0 Å². The molecule has 116 valence electrons. The van der Waals surface area contributed by atoms with Crippen molar-refractivity contribution < 1.29 is 4.79 Å². The van der Waals surface area contributed by atoms with E-state index in [-0.39, 0.29) is 5.91 Å². The molecule has 3 rings (SSSR count). The van der Waals surface area contributed by atoms with Gasteiger partial charge in [0.2, 0.25) is 0 Å². The summed E-state index contributed by atoms with van der Waals surface area (Å²) in [5.74, 6) is -0.0842. The molecule has 2 heterocycles. The second kappa shape index (κ2) is 6.75. The van der Waals surface area contributed by atoms with E-state index in [2.05, 4.69) is 26.0 Å². The molecule has 6 heteroatoms. The van der Waals surface area contributed by atoms with Crippen LogP contribution in [-0.2, 0) is 6.54 Å². The average molecular weight is 371 g/mol. The maximum Gasteiger partial charge on any atom is 0.257 e. The van der Waals surface area contributed by atoms with E-state index in [1.807, 2.05) is 42.5 Å². The summed E-state index contributed by atoms with van der Waals surface area (Å²) in [4.78, 5) is 18.4. The number of benzene rings is 1. The van der Waals surface area contributed by atoms with Crippen LogP contribution < -0.4 is 0 Å². The Balaban J connectivity index is 1.74. The number of halogens is 1. The van der Waals surface area contributed by atoms with Gasteiger partial charge in [0.25, 0.3) is 5.91 Å². The quantitative estimate of drug-likeness (QED) is 0.707. The Kier molecular flexibility index (Phi) is 4.52. The first-order valence-corrected chi connectivity index (χ1v) is 7.89. The minimum absolute atomic E-state index is 0.0842. The highest BCUT2D eigenvalue weighted by Crippen LogP contribution is 2.15. The summed E-state index contributed by atoms with van der Waals surface area (Å²) in [5, 5.41) is 4.26. The summed E-state index contributed by atoms with van der Waals surface area (Å²) in [6.07, 6.45) is 5.04. The number of aromatic nitrogens is 3. The summed E-state index contributed by atoms with van der Waals surface area (Å²) in [6.45, 7) is 0.461. The number of hydrogen-bond acceptors (Lipinski definition) is 3. The lowest BCUT2D eigenvalue weighted by molar-refractivity contribution is 0.0783. The van der Waals surface area contributed by atoms with E-state index in [1.165, 1.54) is 0 Å². The molecule has 0 radical (unpaired) electrons. The smallest absolute Gasteiger partial charge is 0.257 e. The van der Waals surface area contributed by atoms with Gasteiger partial charge in [-0.25, -0.2) is 4.68 Å². The summed E-state index contributed by atoms with van der Waals surface area (Å²) in [6, 6.07) is 13.4. The van der Waals surface area contributed by atoms with E-state index < -0.39 is 0 Å². The molecular weight excluding hydrogens is 356 g/mol. The zero-order valence-electron chi connectivity index (χ0n) is 12.6. The van der Waals surface area contributed by atoms with Gasteiger partial charge in [0, 0.05) is 23.9 Å². The highest BCUT2D eigenvalue weighted by atomic mass is 79.9. The van der Waals surface area contributed by atoms with E-state index in [9.17, 15) is 4.79 Å². The lowest BCUT2D eigenvalue weighted by atomic mass is 10.3. The van der Waals surface area contributed by atoms with Gasteiger partial charge in [0.05, 0.1) is 29.7 Å². The van der Waals surface area contributed by atoms with Gasteiger partial charge >= 0.3 is 0 Å². The van der Waals surface area contributed by atoms with Crippen molar-refractivity contribution in [2.45, 2.75) is 6.54 Å². The van der Waals surface area contributed by atoms with Crippen LogP contribution in [0.1, 0.15) is 16.1 Å². The van der Waals surface area contributed by atoms with Gasteiger partial charge in [-0.2, -0.15) is 5.10 Å². The first-order chi connectivity index (χ1) is 11.1. The van der Waals surface area contributed by atoms with Crippen LogP contribution in [0.25, 0.3) is 5.69 Å². The molecule has 5 nitrogen and oxygen atoms in total. The van der Waals surface area contributed by atoms with Crippen LogP contribution in [0.2, 0.25) is 0 Å². The third kappa shape index (κ3) is 3.65. The number of amides is 1. The Labute approximate surface area is 142 Å². The highest BCUT2D eigenvalue weighted by Gasteiger charge is 2.15. The summed E-state index contributed by atoms with van der Waals surface area (Å²) >= 11 is 3.40. The van der Waals surface area contributed by atoms with E-state index in [0.717, 1.165) is 15.9 Å². The van der Waals surface area contributed by atoms with Crippen molar-refractivity contribution in [3.63, 3.8) is 0 Å². The fourth-order valence-corrected chi connectivity index (χ4v) is 2.46.